The van der Waals surface area contributed by atoms with Gasteiger partial charge in [-0.05, 0) is 44.2 Å². The van der Waals surface area contributed by atoms with Crippen molar-refractivity contribution in [3.63, 3.8) is 0 Å². The van der Waals surface area contributed by atoms with Gasteiger partial charge in [-0.1, -0.05) is 11.6 Å². The molecule has 0 aliphatic carbocycles. The average molecular weight is 370 g/mol. The van der Waals surface area contributed by atoms with Gasteiger partial charge in [0, 0.05) is 11.8 Å². The number of nitrogens with one attached hydrogen (secondary N) is 1. The van der Waals surface area contributed by atoms with E-state index in [1.165, 1.54) is 12.1 Å². The van der Waals surface area contributed by atoms with Crippen molar-refractivity contribution in [2.75, 3.05) is 11.9 Å². The van der Waals surface area contributed by atoms with E-state index in [1.54, 1.807) is 31.2 Å². The summed E-state index contributed by atoms with van der Waals surface area (Å²) < 4.78 is 11.1. The summed E-state index contributed by atoms with van der Waals surface area (Å²) in [6.07, 6.45) is -0.823. The van der Waals surface area contributed by atoms with Gasteiger partial charge in [0.25, 0.3) is 5.91 Å². The summed E-state index contributed by atoms with van der Waals surface area (Å²) in [5.74, 6) is 0.372. The minimum Gasteiger partial charge on any atom is -0.490 e. The van der Waals surface area contributed by atoms with E-state index < -0.39 is 12.0 Å². The molecule has 1 atom stereocenters. The van der Waals surface area contributed by atoms with Crippen LogP contribution < -0.4 is 14.8 Å². The predicted octanol–water partition coefficient (Wildman–Crippen LogP) is 3.89. The monoisotopic (exact) mass is 369 g/mol. The van der Waals surface area contributed by atoms with Gasteiger partial charge in [0.2, 0.25) is 0 Å². The van der Waals surface area contributed by atoms with E-state index in [-0.39, 0.29) is 5.02 Å². The van der Waals surface area contributed by atoms with Crippen LogP contribution in [0.2, 0.25) is 5.02 Å². The second-order valence-corrected chi connectivity index (χ2v) is 5.67. The summed E-state index contributed by atoms with van der Waals surface area (Å²) >= 11 is 5.96. The summed E-state index contributed by atoms with van der Waals surface area (Å²) in [5.41, 5.74) is 1.22. The number of ether oxygens (including phenoxy) is 2. The third-order valence-corrected chi connectivity index (χ3v) is 3.72. The number of amides is 1. The van der Waals surface area contributed by atoms with E-state index in [2.05, 4.69) is 5.32 Å². The zero-order valence-corrected chi connectivity index (χ0v) is 15.0. The molecule has 0 unspecified atom stereocenters. The fraction of sp³-hybridized carbons (Fsp3) is 0.211. The van der Waals surface area contributed by atoms with Gasteiger partial charge >= 0.3 is 0 Å². The van der Waals surface area contributed by atoms with Crippen LogP contribution in [0.15, 0.2) is 36.4 Å². The van der Waals surface area contributed by atoms with Gasteiger partial charge in [0.1, 0.15) is 6.07 Å². The average Bonchev–Trinajstić information content (AvgIpc) is 2.63. The molecule has 26 heavy (non-hydrogen) atoms. The second-order valence-electron chi connectivity index (χ2n) is 5.26. The van der Waals surface area contributed by atoms with Crippen molar-refractivity contribution >= 4 is 23.2 Å². The summed E-state index contributed by atoms with van der Waals surface area (Å²) in [6, 6.07) is 13.3. The Kier molecular flexibility index (Phi) is 6.43. The lowest BCUT2D eigenvalue weighted by atomic mass is 10.2. The molecule has 2 aromatic carbocycles. The molecule has 0 heterocycles. The summed E-state index contributed by atoms with van der Waals surface area (Å²) in [4.78, 5) is 12.3. The molecule has 6 nitrogen and oxygen atoms in total. The summed E-state index contributed by atoms with van der Waals surface area (Å²) in [6.45, 7) is 3.80. The molecule has 0 saturated carbocycles. The highest BCUT2D eigenvalue weighted by molar-refractivity contribution is 6.32. The number of halogens is 1. The van der Waals surface area contributed by atoms with Crippen molar-refractivity contribution in [3.8, 4) is 23.6 Å². The van der Waals surface area contributed by atoms with Crippen LogP contribution in [-0.2, 0) is 4.79 Å². The van der Waals surface area contributed by atoms with Crippen molar-refractivity contribution in [2.24, 2.45) is 0 Å². The van der Waals surface area contributed by atoms with E-state index >= 15 is 0 Å². The van der Waals surface area contributed by atoms with Gasteiger partial charge in [0.05, 0.1) is 28.8 Å². The summed E-state index contributed by atoms with van der Waals surface area (Å²) in [5, 5.41) is 20.8. The molecule has 0 radical (unpaired) electrons. The lowest BCUT2D eigenvalue weighted by molar-refractivity contribution is -0.122. The molecule has 1 amide bonds. The molecular formula is C19H16ClN3O3. The van der Waals surface area contributed by atoms with Gasteiger partial charge in [-0.15, -0.1) is 0 Å². The molecule has 0 saturated heterocycles. The van der Waals surface area contributed by atoms with Crippen LogP contribution >= 0.6 is 11.6 Å². The molecule has 0 aliphatic heterocycles. The zero-order valence-electron chi connectivity index (χ0n) is 14.2. The minimum absolute atomic E-state index is 0.254. The van der Waals surface area contributed by atoms with Gasteiger partial charge in [-0.2, -0.15) is 10.5 Å². The fourth-order valence-electron chi connectivity index (χ4n) is 2.11. The SMILES string of the molecule is CCOc1cc(C#N)ccc1O[C@H](C)C(=O)Nc1ccc(C#N)c(Cl)c1. The van der Waals surface area contributed by atoms with E-state index in [0.29, 0.717) is 34.9 Å². The molecule has 0 fully saturated rings. The van der Waals surface area contributed by atoms with Crippen LogP contribution in [-0.4, -0.2) is 18.6 Å². The van der Waals surface area contributed by atoms with Crippen LogP contribution in [0.1, 0.15) is 25.0 Å². The summed E-state index contributed by atoms with van der Waals surface area (Å²) in [7, 11) is 0. The predicted molar refractivity (Wildman–Crippen MR) is 97.2 cm³/mol. The van der Waals surface area contributed by atoms with E-state index in [4.69, 9.17) is 31.6 Å². The highest BCUT2D eigenvalue weighted by Crippen LogP contribution is 2.29. The van der Waals surface area contributed by atoms with Gasteiger partial charge in [0.15, 0.2) is 17.6 Å². The topological polar surface area (TPSA) is 95.1 Å². The third kappa shape index (κ3) is 4.66. The number of benzene rings is 2. The Hall–Kier alpha value is -3.22. The number of nitriles is 2. The fourth-order valence-corrected chi connectivity index (χ4v) is 2.34. The van der Waals surface area contributed by atoms with Crippen LogP contribution in [0.25, 0.3) is 0 Å². The second kappa shape index (κ2) is 8.75. The van der Waals surface area contributed by atoms with Crippen LogP contribution in [0.3, 0.4) is 0 Å². The van der Waals surface area contributed by atoms with Gasteiger partial charge in [-0.25, -0.2) is 0 Å². The van der Waals surface area contributed by atoms with Crippen LogP contribution in [0, 0.1) is 22.7 Å². The van der Waals surface area contributed by atoms with Crippen molar-refractivity contribution in [2.45, 2.75) is 20.0 Å². The molecule has 2 rings (SSSR count). The molecule has 0 bridgehead atoms. The quantitative estimate of drug-likeness (QED) is 0.833. The minimum atomic E-state index is -0.823. The maximum atomic E-state index is 12.3. The van der Waals surface area contributed by atoms with E-state index in [9.17, 15) is 4.79 Å². The first-order valence-electron chi connectivity index (χ1n) is 7.82. The number of anilines is 1. The van der Waals surface area contributed by atoms with Crippen molar-refractivity contribution in [1.29, 1.82) is 10.5 Å². The smallest absolute Gasteiger partial charge is 0.265 e. The Morgan fingerprint density at radius 2 is 1.96 bits per heavy atom. The Morgan fingerprint density at radius 3 is 2.58 bits per heavy atom. The van der Waals surface area contributed by atoms with Crippen molar-refractivity contribution < 1.29 is 14.3 Å². The third-order valence-electron chi connectivity index (χ3n) is 3.40. The largest absolute Gasteiger partial charge is 0.490 e. The molecule has 0 aliphatic rings. The first kappa shape index (κ1) is 19.1. The highest BCUT2D eigenvalue weighted by atomic mass is 35.5. The number of hydrogen-bond donors (Lipinski definition) is 1. The lowest BCUT2D eigenvalue weighted by Gasteiger charge is -2.17. The number of nitrogens with zero attached hydrogens (tertiary/aromatic N) is 2. The number of carbonyl (C=O) groups excluding carboxylic acids is 1. The van der Waals surface area contributed by atoms with Crippen molar-refractivity contribution in [1.82, 2.24) is 0 Å². The molecule has 2 aromatic rings. The molecule has 1 N–H and O–H groups in total. The Bertz CT molecular complexity index is 900. The molecule has 7 heteroatoms. The molecular weight excluding hydrogens is 354 g/mol. The van der Waals surface area contributed by atoms with Crippen LogP contribution in [0.5, 0.6) is 11.5 Å². The van der Waals surface area contributed by atoms with Gasteiger partial charge < -0.3 is 14.8 Å². The van der Waals surface area contributed by atoms with E-state index in [0.717, 1.165) is 0 Å². The number of hydrogen-bond acceptors (Lipinski definition) is 5. The zero-order chi connectivity index (χ0) is 19.1. The number of carbonyl (C=O) groups is 1. The Balaban J connectivity index is 2.11. The Morgan fingerprint density at radius 1 is 1.19 bits per heavy atom. The molecule has 0 spiro atoms. The van der Waals surface area contributed by atoms with E-state index in [1.807, 2.05) is 19.1 Å². The van der Waals surface area contributed by atoms with Crippen molar-refractivity contribution in [3.05, 3.63) is 52.5 Å². The van der Waals surface area contributed by atoms with Gasteiger partial charge in [-0.3, -0.25) is 4.79 Å². The number of rotatable bonds is 6. The standard InChI is InChI=1S/C19H16ClN3O3/c1-3-25-18-8-13(10-21)4-7-17(18)26-12(2)19(24)23-15-6-5-14(11-22)16(20)9-15/h4-9,12H,3H2,1-2H3,(H,23,24)/t12-/m1/s1. The first-order chi connectivity index (χ1) is 12.5. The molecule has 132 valence electrons. The normalized spacial score (nSPS) is 11.0. The lowest BCUT2D eigenvalue weighted by Crippen LogP contribution is -2.30. The first-order valence-corrected chi connectivity index (χ1v) is 8.20. The maximum absolute atomic E-state index is 12.3. The maximum Gasteiger partial charge on any atom is 0.265 e. The Labute approximate surface area is 156 Å². The van der Waals surface area contributed by atoms with Crippen LogP contribution in [0.4, 0.5) is 5.69 Å². The molecule has 0 aromatic heterocycles. The highest BCUT2D eigenvalue weighted by Gasteiger charge is 2.18.